The smallest absolute Gasteiger partial charge is 0.322 e. The van der Waals surface area contributed by atoms with Crippen molar-refractivity contribution in [3.8, 4) is 11.4 Å². The van der Waals surface area contributed by atoms with Gasteiger partial charge in [-0.3, -0.25) is 4.90 Å². The topological polar surface area (TPSA) is 80.5 Å². The molecule has 0 spiro atoms. The summed E-state index contributed by atoms with van der Waals surface area (Å²) in [7, 11) is 0. The van der Waals surface area contributed by atoms with Crippen molar-refractivity contribution >= 4 is 11.6 Å². The average Bonchev–Trinajstić information content (AvgIpc) is 3.50. The van der Waals surface area contributed by atoms with Crippen molar-refractivity contribution in [2.45, 2.75) is 31.9 Å². The summed E-state index contributed by atoms with van der Waals surface area (Å²) in [6, 6.07) is 15.0. The first-order valence-corrected chi connectivity index (χ1v) is 10.7. The van der Waals surface area contributed by atoms with Crippen molar-refractivity contribution in [2.75, 3.05) is 13.2 Å². The van der Waals surface area contributed by atoms with Crippen LogP contribution < -0.4 is 5.32 Å². The lowest BCUT2D eigenvalue weighted by Crippen LogP contribution is -2.48. The van der Waals surface area contributed by atoms with Gasteiger partial charge in [-0.25, -0.2) is 9.18 Å². The molecule has 3 aromatic rings. The first kappa shape index (κ1) is 20.4. The Balaban J connectivity index is 1.56. The number of carbonyl (C=O) groups is 1. The van der Waals surface area contributed by atoms with Crippen LogP contribution in [0.1, 0.15) is 37.3 Å². The van der Waals surface area contributed by atoms with Gasteiger partial charge in [0.05, 0.1) is 24.3 Å². The standard InChI is InChI=1S/C24H23FN4O3/c1-15-20(23-27-22(28-32-23)17-9-11-18(25)12-10-17)21(16-6-3-2-4-7-16)26-24(30)29(15)14-19-8-5-13-31-19/h2-4,6-7,9-12,19,21H,5,8,13-14H2,1H3,(H,26,30). The number of urea groups is 1. The van der Waals surface area contributed by atoms with E-state index >= 15 is 0 Å². The molecule has 0 saturated carbocycles. The molecule has 1 aromatic heterocycles. The quantitative estimate of drug-likeness (QED) is 0.637. The molecule has 164 valence electrons. The number of carbonyl (C=O) groups excluding carboxylic acids is 1. The lowest BCUT2D eigenvalue weighted by atomic mass is 9.94. The van der Waals surface area contributed by atoms with E-state index in [2.05, 4.69) is 15.5 Å². The van der Waals surface area contributed by atoms with Crippen molar-refractivity contribution in [3.05, 3.63) is 77.6 Å². The number of nitrogens with one attached hydrogen (secondary N) is 1. The van der Waals surface area contributed by atoms with E-state index in [0.717, 1.165) is 29.7 Å². The van der Waals surface area contributed by atoms with Gasteiger partial charge in [0, 0.05) is 17.9 Å². The van der Waals surface area contributed by atoms with Crippen LogP contribution in [-0.2, 0) is 4.74 Å². The Bertz CT molecular complexity index is 1140. The maximum absolute atomic E-state index is 13.3. The number of halogens is 1. The van der Waals surface area contributed by atoms with Crippen LogP contribution in [0.25, 0.3) is 17.0 Å². The van der Waals surface area contributed by atoms with Crippen LogP contribution in [0.2, 0.25) is 0 Å². The predicted octanol–water partition coefficient (Wildman–Crippen LogP) is 4.55. The molecule has 2 aliphatic heterocycles. The number of amides is 2. The Morgan fingerprint density at radius 2 is 1.94 bits per heavy atom. The summed E-state index contributed by atoms with van der Waals surface area (Å²) in [5.74, 6) is 0.336. The van der Waals surface area contributed by atoms with Gasteiger partial charge in [-0.05, 0) is 49.6 Å². The molecule has 2 amide bonds. The van der Waals surface area contributed by atoms with E-state index in [1.807, 2.05) is 37.3 Å². The number of aromatic nitrogens is 2. The average molecular weight is 434 g/mol. The van der Waals surface area contributed by atoms with Gasteiger partial charge in [0.25, 0.3) is 5.89 Å². The molecule has 2 unspecified atom stereocenters. The second-order valence-corrected chi connectivity index (χ2v) is 7.97. The third-order valence-electron chi connectivity index (χ3n) is 5.90. The normalized spacial score (nSPS) is 21.2. The predicted molar refractivity (Wildman–Crippen MR) is 116 cm³/mol. The molecular weight excluding hydrogens is 411 g/mol. The van der Waals surface area contributed by atoms with Crippen LogP contribution in [-0.4, -0.2) is 40.3 Å². The molecule has 5 rings (SSSR count). The monoisotopic (exact) mass is 434 g/mol. The third-order valence-corrected chi connectivity index (χ3v) is 5.90. The molecule has 2 aliphatic rings. The Kier molecular flexibility index (Phi) is 5.45. The number of hydrogen-bond donors (Lipinski definition) is 1. The van der Waals surface area contributed by atoms with Crippen molar-refractivity contribution in [1.29, 1.82) is 0 Å². The number of hydrogen-bond acceptors (Lipinski definition) is 5. The van der Waals surface area contributed by atoms with Crippen LogP contribution in [0.5, 0.6) is 0 Å². The van der Waals surface area contributed by atoms with Gasteiger partial charge >= 0.3 is 6.03 Å². The highest BCUT2D eigenvalue weighted by Gasteiger charge is 2.37. The highest BCUT2D eigenvalue weighted by molar-refractivity contribution is 5.86. The summed E-state index contributed by atoms with van der Waals surface area (Å²) in [6.07, 6.45) is 1.92. The molecule has 32 heavy (non-hydrogen) atoms. The molecule has 1 N–H and O–H groups in total. The van der Waals surface area contributed by atoms with E-state index in [0.29, 0.717) is 30.4 Å². The van der Waals surface area contributed by atoms with Crippen LogP contribution in [0.3, 0.4) is 0 Å². The third kappa shape index (κ3) is 3.89. The summed E-state index contributed by atoms with van der Waals surface area (Å²) in [5, 5.41) is 7.19. The van der Waals surface area contributed by atoms with Gasteiger partial charge < -0.3 is 14.6 Å². The fourth-order valence-corrected chi connectivity index (χ4v) is 4.21. The Morgan fingerprint density at radius 3 is 2.66 bits per heavy atom. The zero-order chi connectivity index (χ0) is 22.1. The molecule has 1 fully saturated rings. The minimum absolute atomic E-state index is 0.00249. The number of allylic oxidation sites excluding steroid dienone is 1. The number of rotatable bonds is 5. The molecule has 0 aliphatic carbocycles. The molecule has 0 bridgehead atoms. The van der Waals surface area contributed by atoms with E-state index in [1.54, 1.807) is 17.0 Å². The zero-order valence-electron chi connectivity index (χ0n) is 17.6. The lowest BCUT2D eigenvalue weighted by Gasteiger charge is -2.36. The fraction of sp³-hybridized carbons (Fsp3) is 0.292. The van der Waals surface area contributed by atoms with E-state index in [1.165, 1.54) is 12.1 Å². The number of nitrogens with zero attached hydrogens (tertiary/aromatic N) is 3. The van der Waals surface area contributed by atoms with E-state index in [9.17, 15) is 9.18 Å². The number of ether oxygens (including phenoxy) is 1. The van der Waals surface area contributed by atoms with Crippen LogP contribution >= 0.6 is 0 Å². The summed E-state index contributed by atoms with van der Waals surface area (Å²) >= 11 is 0. The molecule has 0 radical (unpaired) electrons. The van der Waals surface area contributed by atoms with Crippen molar-refractivity contribution in [2.24, 2.45) is 0 Å². The summed E-state index contributed by atoms with van der Waals surface area (Å²) in [5.41, 5.74) is 3.03. The summed E-state index contributed by atoms with van der Waals surface area (Å²) in [4.78, 5) is 19.3. The van der Waals surface area contributed by atoms with Crippen molar-refractivity contribution in [3.63, 3.8) is 0 Å². The van der Waals surface area contributed by atoms with Gasteiger partial charge in [0.1, 0.15) is 5.82 Å². The summed E-state index contributed by atoms with van der Waals surface area (Å²) in [6.45, 7) is 3.06. The Hall–Kier alpha value is -3.52. The Labute approximate surface area is 184 Å². The molecule has 2 aromatic carbocycles. The molecule has 8 heteroatoms. The minimum atomic E-state index is -0.439. The molecule has 2 atom stereocenters. The number of benzene rings is 2. The summed E-state index contributed by atoms with van der Waals surface area (Å²) < 4.78 is 24.7. The zero-order valence-corrected chi connectivity index (χ0v) is 17.6. The van der Waals surface area contributed by atoms with Gasteiger partial charge in [0.2, 0.25) is 5.82 Å². The molecule has 3 heterocycles. The van der Waals surface area contributed by atoms with Crippen LogP contribution in [0, 0.1) is 5.82 Å². The van der Waals surface area contributed by atoms with Gasteiger partial charge in [0.15, 0.2) is 0 Å². The first-order chi connectivity index (χ1) is 15.6. The van der Waals surface area contributed by atoms with Crippen molar-refractivity contribution in [1.82, 2.24) is 20.4 Å². The molecule has 1 saturated heterocycles. The van der Waals surface area contributed by atoms with Crippen molar-refractivity contribution < 1.29 is 18.4 Å². The van der Waals surface area contributed by atoms with Gasteiger partial charge in [-0.1, -0.05) is 35.5 Å². The van der Waals surface area contributed by atoms with E-state index < -0.39 is 6.04 Å². The Morgan fingerprint density at radius 1 is 1.16 bits per heavy atom. The second kappa shape index (κ2) is 8.55. The maximum Gasteiger partial charge on any atom is 0.322 e. The second-order valence-electron chi connectivity index (χ2n) is 7.97. The maximum atomic E-state index is 13.3. The van der Waals surface area contributed by atoms with Gasteiger partial charge in [-0.2, -0.15) is 4.98 Å². The highest BCUT2D eigenvalue weighted by Crippen LogP contribution is 2.37. The highest BCUT2D eigenvalue weighted by atomic mass is 19.1. The largest absolute Gasteiger partial charge is 0.376 e. The minimum Gasteiger partial charge on any atom is -0.376 e. The van der Waals surface area contributed by atoms with Crippen LogP contribution in [0.4, 0.5) is 9.18 Å². The lowest BCUT2D eigenvalue weighted by molar-refractivity contribution is 0.0877. The van der Waals surface area contributed by atoms with Crippen LogP contribution in [0.15, 0.2) is 64.8 Å². The van der Waals surface area contributed by atoms with E-state index in [-0.39, 0.29) is 18.0 Å². The fourth-order valence-electron chi connectivity index (χ4n) is 4.21. The SMILES string of the molecule is CC1=C(c2nc(-c3ccc(F)cc3)no2)C(c2ccccc2)NC(=O)N1CC1CCCO1. The first-order valence-electron chi connectivity index (χ1n) is 10.7. The molecule has 7 nitrogen and oxygen atoms in total. The van der Waals surface area contributed by atoms with Gasteiger partial charge in [-0.15, -0.1) is 0 Å². The van der Waals surface area contributed by atoms with E-state index in [4.69, 9.17) is 9.26 Å². The molecular formula is C24H23FN4O3.